The van der Waals surface area contributed by atoms with Gasteiger partial charge in [-0.15, -0.1) is 0 Å². The van der Waals surface area contributed by atoms with Crippen molar-refractivity contribution in [1.29, 1.82) is 0 Å². The van der Waals surface area contributed by atoms with Crippen LogP contribution in [-0.4, -0.2) is 143 Å². The zero-order valence-electron chi connectivity index (χ0n) is 36.8. The molecule has 4 aliphatic heterocycles. The molecule has 348 valence electrons. The number of fused-ring (bicyclic) bond motifs is 4. The quantitative estimate of drug-likeness (QED) is 0.102. The molecule has 19 heteroatoms. The first-order valence-electron chi connectivity index (χ1n) is 21.2. The van der Waals surface area contributed by atoms with Crippen LogP contribution >= 0.6 is 0 Å². The molecule has 0 spiro atoms. The number of benzene rings is 2. The van der Waals surface area contributed by atoms with Crippen molar-refractivity contribution < 1.29 is 82.2 Å². The van der Waals surface area contributed by atoms with E-state index in [1.54, 1.807) is 34.6 Å². The number of methoxy groups -OCH3 is 3. The molecule has 1 aromatic heterocycles. The number of aliphatic hydroxyl groups excluding tert-OH is 3. The van der Waals surface area contributed by atoms with Crippen LogP contribution in [0, 0.1) is 0 Å². The molecule has 0 saturated carbocycles. The maximum absolute atomic E-state index is 15.0. The number of phenols is 1. The number of phenolic OH excluding ortho intramolecular Hbond substituents is 1. The minimum absolute atomic E-state index is 0.0433. The Balaban J connectivity index is 1.24. The molecule has 64 heavy (non-hydrogen) atoms. The van der Waals surface area contributed by atoms with E-state index in [4.69, 9.17) is 48.0 Å². The molecule has 8 rings (SSSR count). The van der Waals surface area contributed by atoms with Gasteiger partial charge in [0.1, 0.15) is 53.7 Å². The van der Waals surface area contributed by atoms with E-state index < -0.39 is 158 Å². The Morgan fingerprint density at radius 1 is 0.859 bits per heavy atom. The maximum Gasteiger partial charge on any atom is 0.345 e. The minimum Gasteiger partial charge on any atom is -0.507 e. The average Bonchev–Trinajstić information content (AvgIpc) is 3.88. The summed E-state index contributed by atoms with van der Waals surface area (Å²) in [5.41, 5.74) is -1.94. The topological polar surface area (TPSA) is 286 Å². The first-order chi connectivity index (χ1) is 30.0. The molecule has 2 aromatic carbocycles. The summed E-state index contributed by atoms with van der Waals surface area (Å²) in [5, 5.41) is 56.9. The standard InChI is InChI=1S/C45H55NO18/c1-16-32(48)25(56-7)14-28(60-16)63-40-18(3)59-26(15-43(40,5)46)20-10-11-21-29(35(20)51)36(52)30-22(34(21)50)12-23(31-24(47)13-27(62-38(30)31)44(6)19(4)64-44)45(55,42(54)58-9)41-37(53)39(57-8)33(49)17(2)61-41/h10-13,16-19,25-26,28,32-33,37,39-41,48-49,51,53,55H,14-15,46H2,1-9H3/t16-,17+,18+,19+,25-,26-,28-,32-,33+,37-,39+,40+,41-,43+,44-,45-/m1/s1. The van der Waals surface area contributed by atoms with Crippen molar-refractivity contribution in [2.75, 3.05) is 21.3 Å². The van der Waals surface area contributed by atoms with Gasteiger partial charge in [0, 0.05) is 54.5 Å². The second-order valence-electron chi connectivity index (χ2n) is 18.0. The van der Waals surface area contributed by atoms with Crippen molar-refractivity contribution in [2.24, 2.45) is 5.73 Å². The maximum atomic E-state index is 15.0. The normalized spacial score (nSPS) is 38.3. The number of hydrogen-bond donors (Lipinski definition) is 6. The number of aliphatic hydroxyl groups is 4. The first-order valence-corrected chi connectivity index (χ1v) is 21.2. The zero-order valence-corrected chi connectivity index (χ0v) is 36.8. The van der Waals surface area contributed by atoms with Gasteiger partial charge in [-0.1, -0.05) is 6.07 Å². The summed E-state index contributed by atoms with van der Waals surface area (Å²) in [6.07, 6.45) is -13.2. The number of epoxide rings is 1. The first kappa shape index (κ1) is 46.3. The summed E-state index contributed by atoms with van der Waals surface area (Å²) in [7, 11) is 3.62. The van der Waals surface area contributed by atoms with Crippen LogP contribution in [0.15, 0.2) is 33.5 Å². The van der Waals surface area contributed by atoms with Crippen LogP contribution in [0.3, 0.4) is 0 Å². The number of carbonyl (C=O) groups is 3. The van der Waals surface area contributed by atoms with E-state index in [2.05, 4.69) is 0 Å². The van der Waals surface area contributed by atoms with Gasteiger partial charge in [0.05, 0.1) is 60.2 Å². The van der Waals surface area contributed by atoms with Gasteiger partial charge in [-0.3, -0.25) is 14.4 Å². The molecule has 4 fully saturated rings. The average molecular weight is 898 g/mol. The predicted molar refractivity (Wildman–Crippen MR) is 220 cm³/mol. The van der Waals surface area contributed by atoms with Crippen LogP contribution in [0.2, 0.25) is 0 Å². The second kappa shape index (κ2) is 16.3. The molecule has 0 radical (unpaired) electrons. The highest BCUT2D eigenvalue weighted by Crippen LogP contribution is 2.50. The van der Waals surface area contributed by atoms with E-state index in [9.17, 15) is 39.9 Å². The van der Waals surface area contributed by atoms with Crippen LogP contribution in [0.1, 0.15) is 109 Å². The van der Waals surface area contributed by atoms with E-state index in [-0.39, 0.29) is 29.7 Å². The van der Waals surface area contributed by atoms with Gasteiger partial charge in [-0.25, -0.2) is 4.79 Å². The summed E-state index contributed by atoms with van der Waals surface area (Å²) in [6, 6.07) is 4.80. The Labute approximate surface area is 367 Å². The van der Waals surface area contributed by atoms with Gasteiger partial charge in [0.25, 0.3) is 0 Å². The highest BCUT2D eigenvalue weighted by molar-refractivity contribution is 6.32. The van der Waals surface area contributed by atoms with Crippen LogP contribution < -0.4 is 11.2 Å². The highest BCUT2D eigenvalue weighted by atomic mass is 16.7. The Morgan fingerprint density at radius 3 is 2.14 bits per heavy atom. The van der Waals surface area contributed by atoms with Gasteiger partial charge >= 0.3 is 5.97 Å². The van der Waals surface area contributed by atoms with Gasteiger partial charge in [-0.2, -0.15) is 0 Å². The molecule has 1 aliphatic carbocycles. The second-order valence-corrected chi connectivity index (χ2v) is 18.0. The summed E-state index contributed by atoms with van der Waals surface area (Å²) in [6.45, 7) is 9.96. The molecule has 0 bridgehead atoms. The molecule has 19 nitrogen and oxygen atoms in total. The lowest BCUT2D eigenvalue weighted by Gasteiger charge is -2.48. The number of aromatic hydroxyl groups is 1. The lowest BCUT2D eigenvalue weighted by Crippen LogP contribution is -2.65. The van der Waals surface area contributed by atoms with Crippen molar-refractivity contribution >= 4 is 28.5 Å². The Kier molecular flexibility index (Phi) is 11.8. The van der Waals surface area contributed by atoms with Gasteiger partial charge < -0.3 is 73.6 Å². The largest absolute Gasteiger partial charge is 0.507 e. The number of esters is 1. The van der Waals surface area contributed by atoms with Crippen molar-refractivity contribution in [3.05, 3.63) is 73.6 Å². The number of nitrogens with two attached hydrogens (primary N) is 1. The fourth-order valence-corrected chi connectivity index (χ4v) is 10.00. The minimum atomic E-state index is -3.11. The van der Waals surface area contributed by atoms with Crippen LogP contribution in [0.5, 0.6) is 5.75 Å². The summed E-state index contributed by atoms with van der Waals surface area (Å²) in [5.74, 6) is -3.88. The predicted octanol–water partition coefficient (Wildman–Crippen LogP) is 1.26. The number of ketones is 2. The van der Waals surface area contributed by atoms with Gasteiger partial charge in [-0.05, 0) is 60.1 Å². The summed E-state index contributed by atoms with van der Waals surface area (Å²) in [4.78, 5) is 58.1. The molecular weight excluding hydrogens is 842 g/mol. The number of hydrogen-bond acceptors (Lipinski definition) is 19. The van der Waals surface area contributed by atoms with Crippen molar-refractivity contribution in [3.8, 4) is 5.75 Å². The monoisotopic (exact) mass is 897 g/mol. The molecule has 5 aliphatic rings. The zero-order chi connectivity index (χ0) is 46.7. The number of rotatable bonds is 9. The van der Waals surface area contributed by atoms with Crippen LogP contribution in [-0.2, 0) is 53.9 Å². The van der Waals surface area contributed by atoms with Gasteiger partial charge in [0.15, 0.2) is 23.1 Å². The summed E-state index contributed by atoms with van der Waals surface area (Å²) < 4.78 is 52.5. The molecular formula is C45H55NO18. The fourth-order valence-electron chi connectivity index (χ4n) is 10.00. The third-order valence-corrected chi connectivity index (χ3v) is 13.9. The fraction of sp³-hybridized carbons (Fsp3) is 0.600. The molecule has 0 amide bonds. The smallest absolute Gasteiger partial charge is 0.345 e. The lowest BCUT2D eigenvalue weighted by atomic mass is 9.74. The highest BCUT2D eigenvalue weighted by Gasteiger charge is 2.60. The van der Waals surface area contributed by atoms with E-state index in [1.807, 2.05) is 0 Å². The van der Waals surface area contributed by atoms with E-state index in [1.165, 1.54) is 33.3 Å². The van der Waals surface area contributed by atoms with Crippen molar-refractivity contribution in [2.45, 2.75) is 151 Å². The van der Waals surface area contributed by atoms with Crippen molar-refractivity contribution in [1.82, 2.24) is 0 Å². The van der Waals surface area contributed by atoms with Crippen LogP contribution in [0.25, 0.3) is 11.0 Å². The Bertz CT molecular complexity index is 2450. The Hall–Kier alpha value is -4.22. The SMILES string of the molecule is COC(=O)[C@@](O)(c1cc2c(c3oc([C@]4(C)O[C@H]4C)cc(=O)c13)C(=O)c1c(ccc([C@H]3C[C@](C)(N)[C@@H](O[C@@H]4C[C@@H](OC)[C@H](O)[C@@H](C)O4)[C@H](C)O3)c1O)C2=O)[C@@H]1O[C@@H](C)[C@H](O)[C@H](OC)[C@H]1O. The molecule has 7 N–H and O–H groups in total. The molecule has 3 aromatic rings. The van der Waals surface area contributed by atoms with Crippen LogP contribution in [0.4, 0.5) is 0 Å². The van der Waals surface area contributed by atoms with E-state index >= 15 is 4.79 Å². The Morgan fingerprint density at radius 2 is 1.53 bits per heavy atom. The number of ether oxygens (including phenoxy) is 8. The number of carbonyl (C=O) groups excluding carboxylic acids is 3. The van der Waals surface area contributed by atoms with E-state index in [0.29, 0.717) is 0 Å². The third-order valence-electron chi connectivity index (χ3n) is 13.9. The molecule has 4 saturated heterocycles. The van der Waals surface area contributed by atoms with Gasteiger partial charge in [0.2, 0.25) is 11.4 Å². The lowest BCUT2D eigenvalue weighted by molar-refractivity contribution is -0.291. The summed E-state index contributed by atoms with van der Waals surface area (Å²) >= 11 is 0. The molecule has 5 heterocycles. The molecule has 16 atom stereocenters. The molecule has 0 unspecified atom stereocenters. The van der Waals surface area contributed by atoms with Crippen molar-refractivity contribution in [3.63, 3.8) is 0 Å². The third kappa shape index (κ3) is 7.03. The van der Waals surface area contributed by atoms with E-state index in [0.717, 1.165) is 19.2 Å².